The van der Waals surface area contributed by atoms with Crippen LogP contribution in [0.15, 0.2) is 73.1 Å². The van der Waals surface area contributed by atoms with Crippen molar-refractivity contribution < 1.29 is 9.59 Å². The molecule has 0 saturated carbocycles. The second-order valence-electron chi connectivity index (χ2n) is 6.89. The number of pyridine rings is 2. The number of aromatic nitrogens is 2. The highest BCUT2D eigenvalue weighted by molar-refractivity contribution is 5.96. The molecule has 148 valence electrons. The van der Waals surface area contributed by atoms with Crippen LogP contribution in [0.3, 0.4) is 0 Å². The average Bonchev–Trinajstić information content (AvgIpc) is 2.78. The number of benzene rings is 1. The maximum Gasteiger partial charge on any atom is 0.272 e. The Bertz CT molecular complexity index is 961. The van der Waals surface area contributed by atoms with E-state index < -0.39 is 0 Å². The van der Waals surface area contributed by atoms with Gasteiger partial charge in [0.1, 0.15) is 11.4 Å². The molecule has 0 aliphatic carbocycles. The van der Waals surface area contributed by atoms with E-state index in [0.29, 0.717) is 13.1 Å². The first kappa shape index (κ1) is 20.2. The van der Waals surface area contributed by atoms with Crippen LogP contribution in [0, 0.1) is 0 Å². The first-order valence-corrected chi connectivity index (χ1v) is 9.45. The second-order valence-corrected chi connectivity index (χ2v) is 6.89. The van der Waals surface area contributed by atoms with Crippen molar-refractivity contribution in [3.05, 3.63) is 95.6 Å². The molecule has 0 unspecified atom stereocenters. The van der Waals surface area contributed by atoms with Gasteiger partial charge in [0, 0.05) is 39.6 Å². The van der Waals surface area contributed by atoms with E-state index in [-0.39, 0.29) is 23.2 Å². The molecular formula is C23H24N4O2. The van der Waals surface area contributed by atoms with Gasteiger partial charge in [-0.25, -0.2) is 4.98 Å². The van der Waals surface area contributed by atoms with Crippen LogP contribution in [0.25, 0.3) is 0 Å². The number of carbonyl (C=O) groups is 2. The number of rotatable bonds is 7. The average molecular weight is 388 g/mol. The van der Waals surface area contributed by atoms with E-state index in [4.69, 9.17) is 0 Å². The lowest BCUT2D eigenvalue weighted by molar-refractivity contribution is 0.0775. The molecule has 29 heavy (non-hydrogen) atoms. The van der Waals surface area contributed by atoms with E-state index in [1.54, 1.807) is 54.5 Å². The third-order valence-electron chi connectivity index (χ3n) is 4.63. The van der Waals surface area contributed by atoms with Crippen molar-refractivity contribution in [1.29, 1.82) is 0 Å². The molecule has 0 aliphatic heterocycles. The zero-order chi connectivity index (χ0) is 20.6. The van der Waals surface area contributed by atoms with E-state index >= 15 is 0 Å². The van der Waals surface area contributed by atoms with Crippen molar-refractivity contribution in [2.24, 2.45) is 0 Å². The molecule has 0 bridgehead atoms. The van der Waals surface area contributed by atoms with Crippen LogP contribution in [0.1, 0.15) is 32.1 Å². The van der Waals surface area contributed by atoms with E-state index in [0.717, 1.165) is 17.5 Å². The first-order valence-electron chi connectivity index (χ1n) is 9.45. The van der Waals surface area contributed by atoms with Crippen LogP contribution in [0.4, 0.5) is 0 Å². The number of likely N-dealkylation sites (N-methyl/N-ethyl adjacent to an activating group) is 1. The second kappa shape index (κ2) is 9.59. The topological polar surface area (TPSA) is 66.4 Å². The Morgan fingerprint density at radius 3 is 2.03 bits per heavy atom. The third-order valence-corrected chi connectivity index (χ3v) is 4.63. The summed E-state index contributed by atoms with van der Waals surface area (Å²) in [6.45, 7) is 1.03. The molecule has 3 rings (SSSR count). The Hall–Kier alpha value is -3.54. The Kier molecular flexibility index (Phi) is 6.68. The standard InChI is InChI=1S/C23H24N4O2/c1-26(16-13-18-11-14-24-15-12-18)22(28)20-9-6-10-21(25-20)23(29)27(2)17-19-7-4-3-5-8-19/h3-12,14-15H,13,16-17H2,1-2H3. The molecule has 0 radical (unpaired) electrons. The number of hydrogen-bond donors (Lipinski definition) is 0. The summed E-state index contributed by atoms with van der Waals surface area (Å²) in [5.41, 5.74) is 2.67. The molecule has 2 heterocycles. The maximum atomic E-state index is 12.7. The van der Waals surface area contributed by atoms with E-state index in [1.165, 1.54) is 0 Å². The Labute approximate surface area is 170 Å². The lowest BCUT2D eigenvalue weighted by Gasteiger charge is -2.19. The zero-order valence-electron chi connectivity index (χ0n) is 16.7. The fraction of sp³-hybridized carbons (Fsp3) is 0.217. The van der Waals surface area contributed by atoms with Gasteiger partial charge in [0.15, 0.2) is 0 Å². The third kappa shape index (κ3) is 5.48. The highest BCUT2D eigenvalue weighted by atomic mass is 16.2. The van der Waals surface area contributed by atoms with Crippen molar-refractivity contribution in [2.45, 2.75) is 13.0 Å². The van der Waals surface area contributed by atoms with Gasteiger partial charge in [-0.3, -0.25) is 14.6 Å². The molecule has 0 N–H and O–H groups in total. The SMILES string of the molecule is CN(CCc1ccncc1)C(=O)c1cccc(C(=O)N(C)Cc2ccccc2)n1. The molecule has 2 aromatic heterocycles. The molecule has 6 heteroatoms. The maximum absolute atomic E-state index is 12.7. The van der Waals surface area contributed by atoms with Crippen LogP contribution in [0.5, 0.6) is 0 Å². The fourth-order valence-electron chi connectivity index (χ4n) is 2.94. The summed E-state index contributed by atoms with van der Waals surface area (Å²) in [4.78, 5) is 37.0. The predicted molar refractivity (Wildman–Crippen MR) is 111 cm³/mol. The summed E-state index contributed by atoms with van der Waals surface area (Å²) in [6, 6.07) is 18.6. The highest BCUT2D eigenvalue weighted by Crippen LogP contribution is 2.09. The summed E-state index contributed by atoms with van der Waals surface area (Å²) in [5.74, 6) is -0.428. The normalized spacial score (nSPS) is 10.4. The van der Waals surface area contributed by atoms with Gasteiger partial charge < -0.3 is 9.80 Å². The smallest absolute Gasteiger partial charge is 0.272 e. The molecule has 0 fully saturated rings. The van der Waals surface area contributed by atoms with Crippen molar-refractivity contribution in [3.63, 3.8) is 0 Å². The molecule has 6 nitrogen and oxygen atoms in total. The van der Waals surface area contributed by atoms with Crippen LogP contribution in [-0.2, 0) is 13.0 Å². The molecule has 0 atom stereocenters. The minimum atomic E-state index is -0.219. The van der Waals surface area contributed by atoms with Crippen LogP contribution in [0.2, 0.25) is 0 Å². The van der Waals surface area contributed by atoms with E-state index in [2.05, 4.69) is 9.97 Å². The van der Waals surface area contributed by atoms with Gasteiger partial charge in [-0.15, -0.1) is 0 Å². The van der Waals surface area contributed by atoms with Gasteiger partial charge in [-0.05, 0) is 41.8 Å². The molecule has 3 aromatic rings. The van der Waals surface area contributed by atoms with Gasteiger partial charge >= 0.3 is 0 Å². The lowest BCUT2D eigenvalue weighted by atomic mass is 10.2. The minimum Gasteiger partial charge on any atom is -0.340 e. The van der Waals surface area contributed by atoms with Crippen LogP contribution >= 0.6 is 0 Å². The van der Waals surface area contributed by atoms with Gasteiger partial charge in [-0.1, -0.05) is 36.4 Å². The Morgan fingerprint density at radius 2 is 1.38 bits per heavy atom. The van der Waals surface area contributed by atoms with Crippen molar-refractivity contribution >= 4 is 11.8 Å². The molecule has 0 aliphatic rings. The van der Waals surface area contributed by atoms with E-state index in [1.807, 2.05) is 42.5 Å². The van der Waals surface area contributed by atoms with Crippen LogP contribution < -0.4 is 0 Å². The van der Waals surface area contributed by atoms with Gasteiger partial charge in [0.05, 0.1) is 0 Å². The van der Waals surface area contributed by atoms with Gasteiger partial charge in [0.2, 0.25) is 0 Å². The predicted octanol–water partition coefficient (Wildman–Crippen LogP) is 3.06. The van der Waals surface area contributed by atoms with E-state index in [9.17, 15) is 9.59 Å². The molecule has 1 aromatic carbocycles. The minimum absolute atomic E-state index is 0.209. The Morgan fingerprint density at radius 1 is 0.759 bits per heavy atom. The van der Waals surface area contributed by atoms with Crippen molar-refractivity contribution in [3.8, 4) is 0 Å². The number of hydrogen-bond acceptors (Lipinski definition) is 4. The Balaban J connectivity index is 1.64. The zero-order valence-corrected chi connectivity index (χ0v) is 16.7. The lowest BCUT2D eigenvalue weighted by Crippen LogP contribution is -2.31. The molecule has 0 spiro atoms. The first-order chi connectivity index (χ1) is 14.0. The van der Waals surface area contributed by atoms with Crippen molar-refractivity contribution in [1.82, 2.24) is 19.8 Å². The summed E-state index contributed by atoms with van der Waals surface area (Å²) in [7, 11) is 3.47. The van der Waals surface area contributed by atoms with Crippen molar-refractivity contribution in [2.75, 3.05) is 20.6 Å². The summed E-state index contributed by atoms with van der Waals surface area (Å²) in [5, 5.41) is 0. The molecular weight excluding hydrogens is 364 g/mol. The van der Waals surface area contributed by atoms with Gasteiger partial charge in [0.25, 0.3) is 11.8 Å². The number of nitrogens with zero attached hydrogens (tertiary/aromatic N) is 4. The highest BCUT2D eigenvalue weighted by Gasteiger charge is 2.18. The summed E-state index contributed by atoms with van der Waals surface area (Å²) in [6.07, 6.45) is 4.20. The summed E-state index contributed by atoms with van der Waals surface area (Å²) < 4.78 is 0. The number of amides is 2. The largest absolute Gasteiger partial charge is 0.340 e. The molecule has 0 saturated heterocycles. The monoisotopic (exact) mass is 388 g/mol. The van der Waals surface area contributed by atoms with Gasteiger partial charge in [-0.2, -0.15) is 0 Å². The number of carbonyl (C=O) groups excluding carboxylic acids is 2. The van der Waals surface area contributed by atoms with Crippen LogP contribution in [-0.4, -0.2) is 52.2 Å². The quantitative estimate of drug-likeness (QED) is 0.624. The molecule has 2 amide bonds. The summed E-state index contributed by atoms with van der Waals surface area (Å²) >= 11 is 0. The fourth-order valence-corrected chi connectivity index (χ4v) is 2.94.